The van der Waals surface area contributed by atoms with Gasteiger partial charge in [0.15, 0.2) is 0 Å². The van der Waals surface area contributed by atoms with Crippen LogP contribution in [0.15, 0.2) is 47.6 Å². The molecule has 0 aliphatic heterocycles. The van der Waals surface area contributed by atoms with E-state index >= 15 is 0 Å². The highest BCUT2D eigenvalue weighted by molar-refractivity contribution is 5.77. The van der Waals surface area contributed by atoms with Gasteiger partial charge in [0.1, 0.15) is 43.6 Å². The molecule has 42 heavy (non-hydrogen) atoms. The first-order valence-electron chi connectivity index (χ1n) is 14.2. The number of unbranched alkanes of at least 4 members (excludes halogenated alkanes) is 3. The summed E-state index contributed by atoms with van der Waals surface area (Å²) in [6.07, 6.45) is 3.67. The summed E-state index contributed by atoms with van der Waals surface area (Å²) in [6, 6.07) is 13.1. The first-order chi connectivity index (χ1) is 20.5. The van der Waals surface area contributed by atoms with E-state index in [4.69, 9.17) is 29.2 Å². The second kappa shape index (κ2) is 19.7. The smallest absolute Gasteiger partial charge is 0.325 e. The molecule has 0 aliphatic carbocycles. The molecule has 12 heteroatoms. The van der Waals surface area contributed by atoms with Crippen molar-refractivity contribution >= 4 is 23.3 Å². The number of methoxy groups -OCH3 is 2. The van der Waals surface area contributed by atoms with Crippen LogP contribution in [0.4, 0.5) is 11.4 Å². The third-order valence-electron chi connectivity index (χ3n) is 6.42. The van der Waals surface area contributed by atoms with E-state index in [0.29, 0.717) is 43.5 Å². The number of carbonyl (C=O) groups excluding carboxylic acids is 2. The third kappa shape index (κ3) is 11.7. The Morgan fingerprint density at radius 2 is 1.36 bits per heavy atom. The number of esters is 2. The topological polar surface area (TPSA) is 136 Å². The van der Waals surface area contributed by atoms with Crippen molar-refractivity contribution in [2.45, 2.75) is 39.5 Å². The van der Waals surface area contributed by atoms with Crippen molar-refractivity contribution in [3.8, 4) is 17.2 Å². The molecule has 12 nitrogen and oxygen atoms in total. The van der Waals surface area contributed by atoms with Crippen LogP contribution in [-0.4, -0.2) is 78.7 Å². The van der Waals surface area contributed by atoms with Crippen molar-refractivity contribution in [2.75, 3.05) is 76.6 Å². The van der Waals surface area contributed by atoms with Crippen molar-refractivity contribution in [1.29, 1.82) is 0 Å². The van der Waals surface area contributed by atoms with E-state index in [1.54, 1.807) is 0 Å². The van der Waals surface area contributed by atoms with Gasteiger partial charge >= 0.3 is 11.9 Å². The Morgan fingerprint density at radius 3 is 1.98 bits per heavy atom. The quantitative estimate of drug-likeness (QED) is 0.0621. The average molecular weight is 586 g/mol. The zero-order valence-electron chi connectivity index (χ0n) is 25.1. The summed E-state index contributed by atoms with van der Waals surface area (Å²) < 4.78 is 27.9. The van der Waals surface area contributed by atoms with Gasteiger partial charge in [-0.25, -0.2) is 0 Å². The molecule has 0 heterocycles. The number of rotatable bonds is 21. The van der Waals surface area contributed by atoms with Crippen molar-refractivity contribution in [2.24, 2.45) is 5.11 Å². The number of azide groups is 1. The highest BCUT2D eigenvalue weighted by Gasteiger charge is 2.17. The summed E-state index contributed by atoms with van der Waals surface area (Å²) in [5.41, 5.74) is 9.88. The number of hydrogen-bond acceptors (Lipinski definition) is 10. The molecule has 230 valence electrons. The molecule has 2 rings (SSSR count). The lowest BCUT2D eigenvalue weighted by Gasteiger charge is -2.25. The van der Waals surface area contributed by atoms with Crippen LogP contribution in [0.25, 0.3) is 10.4 Å². The Morgan fingerprint density at radius 1 is 0.762 bits per heavy atom. The van der Waals surface area contributed by atoms with E-state index in [1.165, 1.54) is 14.2 Å². The molecule has 0 N–H and O–H groups in total. The molecule has 0 radical (unpaired) electrons. The van der Waals surface area contributed by atoms with Gasteiger partial charge < -0.3 is 33.5 Å². The Balaban J connectivity index is 2.07. The monoisotopic (exact) mass is 585 g/mol. The second-order valence-corrected chi connectivity index (χ2v) is 9.19. The minimum atomic E-state index is -0.351. The van der Waals surface area contributed by atoms with Gasteiger partial charge in [0.05, 0.1) is 32.2 Å². The number of benzene rings is 2. The number of hydrogen-bond donors (Lipinski definition) is 0. The minimum absolute atomic E-state index is 0.0797. The molecule has 2 aromatic carbocycles. The fourth-order valence-electron chi connectivity index (χ4n) is 4.15. The molecule has 0 aromatic heterocycles. The van der Waals surface area contributed by atoms with Gasteiger partial charge in [-0.1, -0.05) is 30.1 Å². The van der Waals surface area contributed by atoms with Gasteiger partial charge in [-0.05, 0) is 56.5 Å². The van der Waals surface area contributed by atoms with Gasteiger partial charge in [0, 0.05) is 30.6 Å². The molecule has 0 spiro atoms. The van der Waals surface area contributed by atoms with Gasteiger partial charge in [-0.2, -0.15) is 0 Å². The standard InChI is InChI=1S/C30H43N5O7/c1-5-34(22-29(36)38-3)25-13-9-10-14-27(25)41-19-20-42-28-21-24(40-18-12-8-7-11-17-32-33-31)15-16-26(28)35(6-2)23-30(37)39-4/h9-10,13-16,21H,5-8,11-12,17-20,22-23H2,1-4H3. The van der Waals surface area contributed by atoms with E-state index in [9.17, 15) is 9.59 Å². The molecule has 0 fully saturated rings. The number of ether oxygens (including phenoxy) is 5. The van der Waals surface area contributed by atoms with E-state index < -0.39 is 0 Å². The summed E-state index contributed by atoms with van der Waals surface area (Å²) in [6.45, 7) is 6.80. The van der Waals surface area contributed by atoms with Crippen LogP contribution in [-0.2, 0) is 19.1 Å². The van der Waals surface area contributed by atoms with E-state index in [2.05, 4.69) is 10.0 Å². The Kier molecular flexibility index (Phi) is 15.9. The summed E-state index contributed by atoms with van der Waals surface area (Å²) in [4.78, 5) is 30.4. The predicted molar refractivity (Wildman–Crippen MR) is 162 cm³/mol. The highest BCUT2D eigenvalue weighted by atomic mass is 16.5. The first-order valence-corrected chi connectivity index (χ1v) is 14.2. The van der Waals surface area contributed by atoms with E-state index in [0.717, 1.165) is 37.1 Å². The molecule has 0 atom stereocenters. The molecular formula is C30H43N5O7. The average Bonchev–Trinajstić information content (AvgIpc) is 3.02. The number of nitrogens with zero attached hydrogens (tertiary/aromatic N) is 5. The van der Waals surface area contributed by atoms with Crippen molar-refractivity contribution in [1.82, 2.24) is 0 Å². The number of anilines is 2. The highest BCUT2D eigenvalue weighted by Crippen LogP contribution is 2.33. The normalized spacial score (nSPS) is 10.3. The summed E-state index contributed by atoms with van der Waals surface area (Å²) in [7, 11) is 2.73. The second-order valence-electron chi connectivity index (χ2n) is 9.19. The van der Waals surface area contributed by atoms with Crippen molar-refractivity contribution in [3.05, 3.63) is 52.9 Å². The van der Waals surface area contributed by atoms with Gasteiger partial charge in [-0.3, -0.25) is 9.59 Å². The van der Waals surface area contributed by atoms with Crippen molar-refractivity contribution in [3.63, 3.8) is 0 Å². The molecule has 0 aliphatic rings. The number of likely N-dealkylation sites (N-methyl/N-ethyl adjacent to an activating group) is 2. The zero-order valence-corrected chi connectivity index (χ0v) is 25.1. The molecule has 0 saturated heterocycles. The number of carbonyl (C=O) groups is 2. The van der Waals surface area contributed by atoms with Crippen molar-refractivity contribution < 1.29 is 33.3 Å². The van der Waals surface area contributed by atoms with Crippen LogP contribution in [0.3, 0.4) is 0 Å². The first kappa shape index (κ1) is 33.9. The minimum Gasteiger partial charge on any atom is -0.493 e. The maximum atomic E-state index is 12.0. The zero-order chi connectivity index (χ0) is 30.6. The number of para-hydroxylation sites is 2. The maximum absolute atomic E-state index is 12.0. The summed E-state index contributed by atoms with van der Waals surface area (Å²) in [5, 5.41) is 3.55. The molecule has 0 amide bonds. The lowest BCUT2D eigenvalue weighted by Crippen LogP contribution is -2.31. The molecular weight excluding hydrogens is 542 g/mol. The molecule has 0 bridgehead atoms. The fraction of sp³-hybridized carbons (Fsp3) is 0.533. The lowest BCUT2D eigenvalue weighted by molar-refractivity contribution is -0.139. The summed E-state index contributed by atoms with van der Waals surface area (Å²) in [5.74, 6) is 1.16. The third-order valence-corrected chi connectivity index (χ3v) is 6.42. The van der Waals surface area contributed by atoms with Crippen LogP contribution < -0.4 is 24.0 Å². The maximum Gasteiger partial charge on any atom is 0.325 e. The van der Waals surface area contributed by atoms with Crippen LogP contribution in [0.2, 0.25) is 0 Å². The fourth-order valence-corrected chi connectivity index (χ4v) is 4.15. The largest absolute Gasteiger partial charge is 0.493 e. The van der Waals surface area contributed by atoms with Crippen LogP contribution >= 0.6 is 0 Å². The predicted octanol–water partition coefficient (Wildman–Crippen LogP) is 5.39. The van der Waals surface area contributed by atoms with Gasteiger partial charge in [0.25, 0.3) is 0 Å². The van der Waals surface area contributed by atoms with Gasteiger partial charge in [0.2, 0.25) is 0 Å². The summed E-state index contributed by atoms with van der Waals surface area (Å²) >= 11 is 0. The van der Waals surface area contributed by atoms with E-state index in [-0.39, 0.29) is 38.2 Å². The molecule has 0 saturated carbocycles. The lowest BCUT2D eigenvalue weighted by atomic mass is 10.2. The van der Waals surface area contributed by atoms with Gasteiger partial charge in [-0.15, -0.1) is 0 Å². The Bertz CT molecular complexity index is 1160. The van der Waals surface area contributed by atoms with Crippen LogP contribution in [0.1, 0.15) is 39.5 Å². The van der Waals surface area contributed by atoms with Crippen LogP contribution in [0, 0.1) is 0 Å². The Labute approximate surface area is 248 Å². The molecule has 0 unspecified atom stereocenters. The SMILES string of the molecule is CCN(CC(=O)OC)c1ccccc1OCCOc1cc(OCCCCCCN=[N+]=[N-])ccc1N(CC)CC(=O)OC. The molecule has 2 aromatic rings. The van der Waals surface area contributed by atoms with Crippen LogP contribution in [0.5, 0.6) is 17.2 Å². The van der Waals surface area contributed by atoms with E-state index in [1.807, 2.05) is 66.1 Å². The Hall–Kier alpha value is -4.31.